The van der Waals surface area contributed by atoms with Gasteiger partial charge in [-0.3, -0.25) is 9.78 Å². The number of dihydropyridines is 1. The molecule has 1 N–H and O–H groups in total. The number of hydrogen-bond donors (Lipinski definition) is 1. The maximum Gasteiger partial charge on any atom is 0.337 e. The Bertz CT molecular complexity index is 1260. The van der Waals surface area contributed by atoms with Crippen LogP contribution in [0, 0.1) is 5.82 Å². The summed E-state index contributed by atoms with van der Waals surface area (Å²) in [6.07, 6.45) is 4.22. The summed E-state index contributed by atoms with van der Waals surface area (Å²) in [5.41, 5.74) is 3.15. The second kappa shape index (κ2) is 8.39. The van der Waals surface area contributed by atoms with Gasteiger partial charge in [-0.15, -0.1) is 11.3 Å². The SMILES string of the molecule is CC(=O)C1=C(C)NC(C)=C(C(=O)OCc2ccncc2F)C1c1csc2ncccc12. The number of carbonyl (C=O) groups excluding carboxylic acids is 2. The van der Waals surface area contributed by atoms with Gasteiger partial charge in [0.15, 0.2) is 5.78 Å². The lowest BCUT2D eigenvalue weighted by Gasteiger charge is -2.30. The molecule has 1 atom stereocenters. The molecule has 1 aliphatic rings. The standard InChI is InChI=1S/C23H20FN3O3S/c1-12-19(14(3)28)21(17-11-31-22-16(17)5-4-7-26-22)20(13(2)27-12)23(29)30-10-15-6-8-25-9-18(15)24/h4-9,11,21,27H,10H2,1-3H3. The van der Waals surface area contributed by atoms with Gasteiger partial charge < -0.3 is 10.1 Å². The molecule has 6 nitrogen and oxygen atoms in total. The molecule has 0 saturated carbocycles. The molecule has 0 fully saturated rings. The normalized spacial score (nSPS) is 16.5. The summed E-state index contributed by atoms with van der Waals surface area (Å²) in [4.78, 5) is 34.7. The van der Waals surface area contributed by atoms with E-state index >= 15 is 0 Å². The van der Waals surface area contributed by atoms with Crippen molar-refractivity contribution in [3.8, 4) is 0 Å². The van der Waals surface area contributed by atoms with Crippen LogP contribution in [0.4, 0.5) is 4.39 Å². The predicted molar refractivity (Wildman–Crippen MR) is 116 cm³/mol. The van der Waals surface area contributed by atoms with Crippen LogP contribution >= 0.6 is 11.3 Å². The van der Waals surface area contributed by atoms with Gasteiger partial charge in [0.25, 0.3) is 0 Å². The lowest BCUT2D eigenvalue weighted by atomic mass is 9.79. The summed E-state index contributed by atoms with van der Waals surface area (Å²) in [6.45, 7) is 4.83. The van der Waals surface area contributed by atoms with Gasteiger partial charge in [-0.2, -0.15) is 0 Å². The summed E-state index contributed by atoms with van der Waals surface area (Å²) in [7, 11) is 0. The van der Waals surface area contributed by atoms with E-state index < -0.39 is 17.7 Å². The molecular weight excluding hydrogens is 417 g/mol. The zero-order valence-corrected chi connectivity index (χ0v) is 18.0. The molecule has 0 aliphatic carbocycles. The number of hydrogen-bond acceptors (Lipinski definition) is 7. The zero-order valence-electron chi connectivity index (χ0n) is 17.2. The molecule has 0 aromatic carbocycles. The Hall–Kier alpha value is -3.39. The molecule has 0 saturated heterocycles. The molecule has 0 spiro atoms. The maximum absolute atomic E-state index is 13.9. The average molecular weight is 437 g/mol. The van der Waals surface area contributed by atoms with Gasteiger partial charge in [-0.1, -0.05) is 6.07 Å². The summed E-state index contributed by atoms with van der Waals surface area (Å²) < 4.78 is 19.4. The number of allylic oxidation sites excluding steroid dienone is 3. The van der Waals surface area contributed by atoms with Crippen LogP contribution in [0.3, 0.4) is 0 Å². The fourth-order valence-corrected chi connectivity index (χ4v) is 4.83. The first kappa shape index (κ1) is 20.9. The van der Waals surface area contributed by atoms with Gasteiger partial charge in [-0.05, 0) is 43.8 Å². The number of rotatable bonds is 5. The monoisotopic (exact) mass is 437 g/mol. The predicted octanol–water partition coefficient (Wildman–Crippen LogP) is 4.40. The van der Waals surface area contributed by atoms with Crippen LogP contribution in [-0.4, -0.2) is 21.7 Å². The number of ketones is 1. The topological polar surface area (TPSA) is 81.2 Å². The van der Waals surface area contributed by atoms with E-state index in [9.17, 15) is 14.0 Å². The van der Waals surface area contributed by atoms with Gasteiger partial charge in [0.05, 0.1) is 11.8 Å². The summed E-state index contributed by atoms with van der Waals surface area (Å²) in [5.74, 6) is -1.90. The highest BCUT2D eigenvalue weighted by Gasteiger charge is 2.37. The van der Waals surface area contributed by atoms with E-state index in [4.69, 9.17) is 4.74 Å². The molecule has 3 aromatic heterocycles. The Morgan fingerprint density at radius 1 is 1.19 bits per heavy atom. The number of aromatic nitrogens is 2. The third-order valence-electron chi connectivity index (χ3n) is 5.27. The van der Waals surface area contributed by atoms with E-state index in [0.717, 1.165) is 22.0 Å². The van der Waals surface area contributed by atoms with Gasteiger partial charge >= 0.3 is 5.97 Å². The van der Waals surface area contributed by atoms with E-state index in [2.05, 4.69) is 15.3 Å². The van der Waals surface area contributed by atoms with Crippen molar-refractivity contribution in [2.45, 2.75) is 33.3 Å². The Morgan fingerprint density at radius 2 is 1.97 bits per heavy atom. The molecule has 4 rings (SSSR count). The van der Waals surface area contributed by atoms with E-state index in [-0.39, 0.29) is 18.0 Å². The smallest absolute Gasteiger partial charge is 0.337 e. The Balaban J connectivity index is 1.77. The van der Waals surface area contributed by atoms with Crippen molar-refractivity contribution in [1.82, 2.24) is 15.3 Å². The molecule has 1 aliphatic heterocycles. The molecule has 31 heavy (non-hydrogen) atoms. The quantitative estimate of drug-likeness (QED) is 0.596. The van der Waals surface area contributed by atoms with Gasteiger partial charge in [0, 0.05) is 46.2 Å². The summed E-state index contributed by atoms with van der Waals surface area (Å²) >= 11 is 1.45. The van der Waals surface area contributed by atoms with Crippen molar-refractivity contribution in [2.75, 3.05) is 0 Å². The number of thiophene rings is 1. The third kappa shape index (κ3) is 3.86. The molecule has 0 radical (unpaired) electrons. The fraction of sp³-hybridized carbons (Fsp3) is 0.217. The van der Waals surface area contributed by atoms with E-state index in [1.807, 2.05) is 24.4 Å². The van der Waals surface area contributed by atoms with Crippen LogP contribution in [-0.2, 0) is 20.9 Å². The van der Waals surface area contributed by atoms with Crippen LogP contribution in [0.5, 0.6) is 0 Å². The number of fused-ring (bicyclic) bond motifs is 1. The molecule has 0 amide bonds. The number of esters is 1. The minimum absolute atomic E-state index is 0.142. The first-order valence-electron chi connectivity index (χ1n) is 9.65. The number of ether oxygens (including phenoxy) is 1. The molecular formula is C23H20FN3O3S. The minimum atomic E-state index is -0.610. The van der Waals surface area contributed by atoms with Crippen molar-refractivity contribution < 1.29 is 18.7 Å². The van der Waals surface area contributed by atoms with E-state index in [1.165, 1.54) is 30.5 Å². The summed E-state index contributed by atoms with van der Waals surface area (Å²) in [6, 6.07) is 5.21. The van der Waals surface area contributed by atoms with E-state index in [0.29, 0.717) is 22.5 Å². The molecule has 158 valence electrons. The lowest BCUT2D eigenvalue weighted by Crippen LogP contribution is -2.31. The minimum Gasteiger partial charge on any atom is -0.457 e. The van der Waals surface area contributed by atoms with Crippen LogP contribution in [0.2, 0.25) is 0 Å². The Kier molecular flexibility index (Phi) is 5.65. The zero-order chi connectivity index (χ0) is 22.1. The van der Waals surface area contributed by atoms with Gasteiger partial charge in [0.1, 0.15) is 17.3 Å². The third-order valence-corrected chi connectivity index (χ3v) is 6.19. The number of halogens is 1. The lowest BCUT2D eigenvalue weighted by molar-refractivity contribution is -0.140. The second-order valence-corrected chi connectivity index (χ2v) is 8.14. The number of nitrogens with one attached hydrogen (secondary N) is 1. The second-order valence-electron chi connectivity index (χ2n) is 7.28. The van der Waals surface area contributed by atoms with Crippen LogP contribution < -0.4 is 5.32 Å². The first-order valence-corrected chi connectivity index (χ1v) is 10.5. The molecule has 3 aromatic rings. The Labute approximate surface area is 182 Å². The Morgan fingerprint density at radius 3 is 2.71 bits per heavy atom. The van der Waals surface area contributed by atoms with Crippen molar-refractivity contribution >= 4 is 33.3 Å². The largest absolute Gasteiger partial charge is 0.457 e. The molecule has 4 heterocycles. The van der Waals surface area contributed by atoms with Gasteiger partial charge in [0.2, 0.25) is 0 Å². The summed E-state index contributed by atoms with van der Waals surface area (Å²) in [5, 5.41) is 5.93. The highest BCUT2D eigenvalue weighted by atomic mass is 32.1. The van der Waals surface area contributed by atoms with Crippen LogP contribution in [0.15, 0.2) is 64.7 Å². The fourth-order valence-electron chi connectivity index (χ4n) is 3.90. The van der Waals surface area contributed by atoms with Crippen molar-refractivity contribution in [2.24, 2.45) is 0 Å². The molecule has 1 unspecified atom stereocenters. The van der Waals surface area contributed by atoms with Gasteiger partial charge in [-0.25, -0.2) is 14.2 Å². The van der Waals surface area contributed by atoms with E-state index in [1.54, 1.807) is 13.1 Å². The van der Waals surface area contributed by atoms with Crippen LogP contribution in [0.25, 0.3) is 10.2 Å². The van der Waals surface area contributed by atoms with Crippen molar-refractivity contribution in [3.05, 3.63) is 81.7 Å². The average Bonchev–Trinajstić information content (AvgIpc) is 3.16. The maximum atomic E-state index is 13.9. The number of carbonyl (C=O) groups is 2. The molecule has 0 bridgehead atoms. The number of pyridine rings is 2. The van der Waals surface area contributed by atoms with Crippen molar-refractivity contribution in [3.63, 3.8) is 0 Å². The highest BCUT2D eigenvalue weighted by molar-refractivity contribution is 7.16. The number of Topliss-reactive ketones (excluding diaryl/α,β-unsaturated/α-hetero) is 1. The molecule has 8 heteroatoms. The van der Waals surface area contributed by atoms with Crippen LogP contribution in [0.1, 0.15) is 37.8 Å². The number of nitrogens with zero attached hydrogens (tertiary/aromatic N) is 2. The van der Waals surface area contributed by atoms with Crippen molar-refractivity contribution in [1.29, 1.82) is 0 Å². The highest BCUT2D eigenvalue weighted by Crippen LogP contribution is 2.43. The first-order chi connectivity index (χ1) is 14.9.